The summed E-state index contributed by atoms with van der Waals surface area (Å²) in [5, 5.41) is 4.84. The number of fused-ring (bicyclic) bond motifs is 1. The first-order valence-electron chi connectivity index (χ1n) is 10.2. The number of carbonyl (C=O) groups excluding carboxylic acids is 1. The third kappa shape index (κ3) is 3.72. The monoisotopic (exact) mass is 466 g/mol. The summed E-state index contributed by atoms with van der Waals surface area (Å²) in [4.78, 5) is 28.9. The molecule has 0 N–H and O–H groups in total. The van der Waals surface area contributed by atoms with Crippen LogP contribution in [-0.4, -0.2) is 32.4 Å². The molecule has 5 rings (SSSR count). The maximum Gasteiger partial charge on any atom is 0.367 e. The second kappa shape index (κ2) is 8.28. The summed E-state index contributed by atoms with van der Waals surface area (Å²) in [6, 6.07) is 13.9. The lowest BCUT2D eigenvalue weighted by Crippen LogP contribution is -2.26. The van der Waals surface area contributed by atoms with Gasteiger partial charge in [0, 0.05) is 12.5 Å². The molecule has 10 heteroatoms. The predicted molar refractivity (Wildman–Crippen MR) is 119 cm³/mol. The van der Waals surface area contributed by atoms with Crippen LogP contribution in [0.4, 0.5) is 4.39 Å². The van der Waals surface area contributed by atoms with Gasteiger partial charge in [-0.3, -0.25) is 4.57 Å². The third-order valence-corrected chi connectivity index (χ3v) is 6.51. The van der Waals surface area contributed by atoms with Crippen molar-refractivity contribution in [1.82, 2.24) is 19.3 Å². The van der Waals surface area contributed by atoms with Gasteiger partial charge in [-0.05, 0) is 31.0 Å². The maximum absolute atomic E-state index is 14.9. The lowest BCUT2D eigenvalue weighted by atomic mass is 10.1. The van der Waals surface area contributed by atoms with Crippen LogP contribution in [0.15, 0.2) is 53.3 Å². The first-order chi connectivity index (χ1) is 16.0. The Hall–Kier alpha value is -3.79. The van der Waals surface area contributed by atoms with Crippen molar-refractivity contribution in [1.29, 1.82) is 0 Å². The van der Waals surface area contributed by atoms with Crippen LogP contribution >= 0.6 is 11.3 Å². The molecule has 0 saturated heterocycles. The minimum atomic E-state index is -0.667. The standard InChI is InChI=1S/C23H19FN4O4S/c1-13-22(33-20(25-13)21(29)31-2)32-18-10-8-15(12-16(18)24)28-23(30)27-17(9-11-19(27)26-28)14-6-4-3-5-7-14/h3-8,10,12,17H,9,11H2,1-2H3. The van der Waals surface area contributed by atoms with Gasteiger partial charge in [-0.15, -0.1) is 5.10 Å². The number of esters is 1. The highest BCUT2D eigenvalue weighted by Gasteiger charge is 2.29. The first-order valence-corrected chi connectivity index (χ1v) is 11.1. The zero-order chi connectivity index (χ0) is 23.1. The first kappa shape index (κ1) is 21.1. The van der Waals surface area contributed by atoms with E-state index in [1.54, 1.807) is 17.6 Å². The molecule has 0 aliphatic carbocycles. The fourth-order valence-electron chi connectivity index (χ4n) is 3.91. The Morgan fingerprint density at radius 2 is 2.00 bits per heavy atom. The zero-order valence-corrected chi connectivity index (χ0v) is 18.6. The van der Waals surface area contributed by atoms with Crippen LogP contribution in [0.25, 0.3) is 5.69 Å². The maximum atomic E-state index is 14.9. The van der Waals surface area contributed by atoms with E-state index in [1.165, 1.54) is 23.9 Å². The molecule has 4 aromatic rings. The molecule has 168 valence electrons. The van der Waals surface area contributed by atoms with E-state index in [2.05, 4.69) is 14.8 Å². The Morgan fingerprint density at radius 1 is 1.21 bits per heavy atom. The van der Waals surface area contributed by atoms with E-state index in [0.29, 0.717) is 23.6 Å². The largest absolute Gasteiger partial charge is 0.464 e. The third-order valence-electron chi connectivity index (χ3n) is 5.49. The number of rotatable bonds is 5. The van der Waals surface area contributed by atoms with Crippen molar-refractivity contribution in [2.24, 2.45) is 0 Å². The van der Waals surface area contributed by atoms with Crippen molar-refractivity contribution >= 4 is 17.3 Å². The molecular formula is C23H19FN4O4S. The number of carbonyl (C=O) groups is 1. The molecule has 1 unspecified atom stereocenters. The van der Waals surface area contributed by atoms with Gasteiger partial charge in [-0.25, -0.2) is 19.0 Å². The van der Waals surface area contributed by atoms with E-state index in [9.17, 15) is 14.0 Å². The van der Waals surface area contributed by atoms with Gasteiger partial charge < -0.3 is 9.47 Å². The van der Waals surface area contributed by atoms with E-state index < -0.39 is 11.8 Å². The molecule has 0 spiro atoms. The number of benzene rings is 2. The minimum absolute atomic E-state index is 0.0520. The summed E-state index contributed by atoms with van der Waals surface area (Å²) in [6.07, 6.45) is 1.46. The highest BCUT2D eigenvalue weighted by atomic mass is 32.1. The van der Waals surface area contributed by atoms with Crippen molar-refractivity contribution < 1.29 is 18.7 Å². The van der Waals surface area contributed by atoms with Crippen LogP contribution in [0.2, 0.25) is 0 Å². The van der Waals surface area contributed by atoms with Gasteiger partial charge in [-0.1, -0.05) is 41.7 Å². The van der Waals surface area contributed by atoms with Crippen LogP contribution in [0.1, 0.15) is 39.3 Å². The Bertz CT molecular complexity index is 1410. The quantitative estimate of drug-likeness (QED) is 0.413. The van der Waals surface area contributed by atoms with Gasteiger partial charge >= 0.3 is 11.7 Å². The average molecular weight is 466 g/mol. The van der Waals surface area contributed by atoms with Crippen LogP contribution in [0, 0.1) is 12.7 Å². The van der Waals surface area contributed by atoms with Gasteiger partial charge in [0.2, 0.25) is 10.1 Å². The number of hydrogen-bond donors (Lipinski definition) is 0. The molecule has 33 heavy (non-hydrogen) atoms. The Morgan fingerprint density at radius 3 is 2.73 bits per heavy atom. The summed E-state index contributed by atoms with van der Waals surface area (Å²) in [5.74, 6) is -0.636. The van der Waals surface area contributed by atoms with Crippen LogP contribution in [0.5, 0.6) is 10.8 Å². The zero-order valence-electron chi connectivity index (χ0n) is 17.8. The number of ether oxygens (including phenoxy) is 2. The second-order valence-electron chi connectivity index (χ2n) is 7.55. The summed E-state index contributed by atoms with van der Waals surface area (Å²) in [6.45, 7) is 1.65. The van der Waals surface area contributed by atoms with Gasteiger partial charge in [0.1, 0.15) is 5.82 Å². The Labute approximate surface area is 191 Å². The number of hydrogen-bond acceptors (Lipinski definition) is 7. The Balaban J connectivity index is 1.44. The van der Waals surface area contributed by atoms with Crippen molar-refractivity contribution in [2.45, 2.75) is 25.8 Å². The summed E-state index contributed by atoms with van der Waals surface area (Å²) < 4.78 is 28.1. The van der Waals surface area contributed by atoms with Crippen LogP contribution < -0.4 is 10.4 Å². The van der Waals surface area contributed by atoms with Gasteiger partial charge in [0.15, 0.2) is 11.6 Å². The Kier molecular flexibility index (Phi) is 5.29. The minimum Gasteiger partial charge on any atom is -0.464 e. The highest BCUT2D eigenvalue weighted by Crippen LogP contribution is 2.34. The number of halogens is 1. The van der Waals surface area contributed by atoms with E-state index in [0.717, 1.165) is 23.3 Å². The van der Waals surface area contributed by atoms with E-state index in [4.69, 9.17) is 4.74 Å². The SMILES string of the molecule is COC(=O)c1nc(C)c(Oc2ccc(-n3nc4n(c3=O)C(c3ccccc3)CC4)cc2F)s1. The lowest BCUT2D eigenvalue weighted by Gasteiger charge is -2.12. The topological polar surface area (TPSA) is 88.2 Å². The van der Waals surface area contributed by atoms with Crippen molar-refractivity contribution in [3.05, 3.63) is 86.9 Å². The molecule has 0 amide bonds. The van der Waals surface area contributed by atoms with Crippen LogP contribution in [0.3, 0.4) is 0 Å². The number of aryl methyl sites for hydroxylation is 2. The molecule has 0 saturated carbocycles. The summed E-state index contributed by atoms with van der Waals surface area (Å²) >= 11 is 0.967. The second-order valence-corrected chi connectivity index (χ2v) is 8.51. The van der Waals surface area contributed by atoms with Crippen molar-refractivity contribution in [2.75, 3.05) is 7.11 Å². The van der Waals surface area contributed by atoms with Crippen molar-refractivity contribution in [3.8, 4) is 16.5 Å². The molecule has 2 aromatic carbocycles. The smallest absolute Gasteiger partial charge is 0.367 e. The average Bonchev–Trinajstić information content (AvgIpc) is 3.50. The van der Waals surface area contributed by atoms with E-state index in [-0.39, 0.29) is 27.6 Å². The van der Waals surface area contributed by atoms with Gasteiger partial charge in [-0.2, -0.15) is 4.68 Å². The molecular weight excluding hydrogens is 447 g/mol. The highest BCUT2D eigenvalue weighted by molar-refractivity contribution is 7.15. The van der Waals surface area contributed by atoms with Crippen LogP contribution in [-0.2, 0) is 11.2 Å². The molecule has 8 nitrogen and oxygen atoms in total. The molecule has 0 bridgehead atoms. The predicted octanol–water partition coefficient (Wildman–Crippen LogP) is 4.05. The van der Waals surface area contributed by atoms with E-state index >= 15 is 0 Å². The van der Waals surface area contributed by atoms with Gasteiger partial charge in [0.05, 0.1) is 24.5 Å². The molecule has 3 heterocycles. The van der Waals surface area contributed by atoms with Gasteiger partial charge in [0.25, 0.3) is 0 Å². The number of thiazole rings is 1. The molecule has 1 atom stereocenters. The normalized spacial score (nSPS) is 14.8. The molecule has 1 aliphatic heterocycles. The van der Waals surface area contributed by atoms with E-state index in [1.807, 2.05) is 30.3 Å². The molecule has 0 fully saturated rings. The number of aromatic nitrogens is 4. The summed E-state index contributed by atoms with van der Waals surface area (Å²) in [7, 11) is 1.26. The van der Waals surface area contributed by atoms with Crippen molar-refractivity contribution in [3.63, 3.8) is 0 Å². The molecule has 1 aliphatic rings. The summed E-state index contributed by atoms with van der Waals surface area (Å²) in [5.41, 5.74) is 1.47. The lowest BCUT2D eigenvalue weighted by molar-refractivity contribution is 0.0600. The number of nitrogens with zero attached hydrogens (tertiary/aromatic N) is 4. The fraction of sp³-hybridized carbons (Fsp3) is 0.217. The molecule has 2 aromatic heterocycles. The molecule has 0 radical (unpaired) electrons. The number of methoxy groups -OCH3 is 1. The fourth-order valence-corrected chi connectivity index (χ4v) is 4.76.